The van der Waals surface area contributed by atoms with Gasteiger partial charge in [-0.3, -0.25) is 4.79 Å². The van der Waals surface area contributed by atoms with Crippen molar-refractivity contribution in [1.82, 2.24) is 4.90 Å². The number of nitrogens with zero attached hydrogens (tertiary/aromatic N) is 2. The Hall–Kier alpha value is -1.89. The Balaban J connectivity index is 2.12. The Morgan fingerprint density at radius 3 is 2.60 bits per heavy atom. The molecule has 0 N–H and O–H groups in total. The quantitative estimate of drug-likeness (QED) is 0.849. The Labute approximate surface area is 119 Å². The zero-order valence-electron chi connectivity index (χ0n) is 11.7. The lowest BCUT2D eigenvalue weighted by Crippen LogP contribution is -2.42. The van der Waals surface area contributed by atoms with Crippen molar-refractivity contribution in [3.63, 3.8) is 0 Å². The maximum atomic E-state index is 13.6. The van der Waals surface area contributed by atoms with Crippen LogP contribution in [0.25, 0.3) is 0 Å². The molecule has 0 aromatic heterocycles. The monoisotopic (exact) mass is 274 g/mol. The van der Waals surface area contributed by atoms with Crippen LogP contribution in [-0.2, 0) is 11.3 Å². The number of benzene rings is 1. The smallest absolute Gasteiger partial charge is 0.243 e. The van der Waals surface area contributed by atoms with Crippen molar-refractivity contribution in [2.45, 2.75) is 38.6 Å². The standard InChI is InChI=1S/C16H19FN2O/c1-19(11-13-7-3-4-8-14(13)17)15(20)16(12-18)9-5-2-6-10-16/h3-4,7-8H,2,5-6,9-11H2,1H3. The summed E-state index contributed by atoms with van der Waals surface area (Å²) in [5.74, 6) is -0.496. The van der Waals surface area contributed by atoms with Gasteiger partial charge in [-0.15, -0.1) is 0 Å². The van der Waals surface area contributed by atoms with E-state index in [-0.39, 0.29) is 18.3 Å². The first-order chi connectivity index (χ1) is 9.59. The minimum absolute atomic E-state index is 0.178. The third kappa shape index (κ3) is 2.82. The normalized spacial score (nSPS) is 17.2. The van der Waals surface area contributed by atoms with Gasteiger partial charge in [-0.05, 0) is 18.9 Å². The summed E-state index contributed by atoms with van der Waals surface area (Å²) < 4.78 is 13.6. The average Bonchev–Trinajstić information content (AvgIpc) is 2.49. The third-order valence-corrected chi connectivity index (χ3v) is 4.04. The molecule has 2 rings (SSSR count). The van der Waals surface area contributed by atoms with Gasteiger partial charge in [-0.2, -0.15) is 5.26 Å². The topological polar surface area (TPSA) is 44.1 Å². The molecule has 0 aliphatic heterocycles. The number of hydrogen-bond acceptors (Lipinski definition) is 2. The molecule has 0 spiro atoms. The van der Waals surface area contributed by atoms with Crippen molar-refractivity contribution in [2.24, 2.45) is 5.41 Å². The maximum absolute atomic E-state index is 13.6. The van der Waals surface area contributed by atoms with Gasteiger partial charge in [0, 0.05) is 19.2 Å². The zero-order chi connectivity index (χ0) is 14.6. The molecule has 0 heterocycles. The van der Waals surface area contributed by atoms with E-state index in [4.69, 9.17) is 0 Å². The summed E-state index contributed by atoms with van der Waals surface area (Å²) in [6, 6.07) is 8.63. The molecule has 1 aromatic rings. The molecular formula is C16H19FN2O. The first-order valence-corrected chi connectivity index (χ1v) is 6.99. The Morgan fingerprint density at radius 1 is 1.35 bits per heavy atom. The van der Waals surface area contributed by atoms with E-state index in [9.17, 15) is 14.4 Å². The van der Waals surface area contributed by atoms with Gasteiger partial charge in [0.05, 0.1) is 6.07 Å². The summed E-state index contributed by atoms with van der Waals surface area (Å²) in [7, 11) is 1.64. The lowest BCUT2D eigenvalue weighted by molar-refractivity contribution is -0.139. The van der Waals surface area contributed by atoms with Crippen LogP contribution < -0.4 is 0 Å². The zero-order valence-corrected chi connectivity index (χ0v) is 11.7. The molecule has 1 aromatic carbocycles. The van der Waals surface area contributed by atoms with Gasteiger partial charge in [0.15, 0.2) is 0 Å². The van der Waals surface area contributed by atoms with Crippen LogP contribution in [0, 0.1) is 22.6 Å². The van der Waals surface area contributed by atoms with Crippen molar-refractivity contribution in [3.8, 4) is 6.07 Å². The van der Waals surface area contributed by atoms with Crippen LogP contribution in [0.15, 0.2) is 24.3 Å². The van der Waals surface area contributed by atoms with Crippen molar-refractivity contribution < 1.29 is 9.18 Å². The van der Waals surface area contributed by atoms with Crippen molar-refractivity contribution in [3.05, 3.63) is 35.6 Å². The van der Waals surface area contributed by atoms with Crippen LogP contribution in [0.5, 0.6) is 0 Å². The van der Waals surface area contributed by atoms with Gasteiger partial charge in [0.2, 0.25) is 5.91 Å². The predicted octanol–water partition coefficient (Wildman–Crippen LogP) is 3.26. The third-order valence-electron chi connectivity index (χ3n) is 4.04. The molecule has 1 amide bonds. The Bertz CT molecular complexity index is 530. The van der Waals surface area contributed by atoms with Crippen LogP contribution in [-0.4, -0.2) is 17.9 Å². The van der Waals surface area contributed by atoms with Gasteiger partial charge >= 0.3 is 0 Å². The number of amides is 1. The van der Waals surface area contributed by atoms with Crippen molar-refractivity contribution >= 4 is 5.91 Å². The molecule has 1 fully saturated rings. The number of carbonyl (C=O) groups is 1. The molecule has 1 saturated carbocycles. The highest BCUT2D eigenvalue weighted by Gasteiger charge is 2.41. The fraction of sp³-hybridized carbons (Fsp3) is 0.500. The van der Waals surface area contributed by atoms with Gasteiger partial charge < -0.3 is 4.90 Å². The molecule has 3 nitrogen and oxygen atoms in total. The summed E-state index contributed by atoms with van der Waals surface area (Å²) >= 11 is 0. The van der Waals surface area contributed by atoms with Gasteiger partial charge in [0.25, 0.3) is 0 Å². The molecule has 0 radical (unpaired) electrons. The lowest BCUT2D eigenvalue weighted by atomic mass is 9.74. The largest absolute Gasteiger partial charge is 0.340 e. The summed E-state index contributed by atoms with van der Waals surface area (Å²) in [6.07, 6.45) is 4.13. The number of rotatable bonds is 3. The summed E-state index contributed by atoms with van der Waals surface area (Å²) in [6.45, 7) is 0.203. The highest BCUT2D eigenvalue weighted by Crippen LogP contribution is 2.37. The fourth-order valence-electron chi connectivity index (χ4n) is 2.85. The fourth-order valence-corrected chi connectivity index (χ4v) is 2.85. The second-order valence-electron chi connectivity index (χ2n) is 5.51. The first-order valence-electron chi connectivity index (χ1n) is 6.99. The second kappa shape index (κ2) is 6.04. The van der Waals surface area contributed by atoms with Crippen LogP contribution >= 0.6 is 0 Å². The average molecular weight is 274 g/mol. The van der Waals surface area contributed by atoms with E-state index in [0.29, 0.717) is 18.4 Å². The minimum atomic E-state index is -0.905. The predicted molar refractivity (Wildman–Crippen MR) is 74.0 cm³/mol. The van der Waals surface area contributed by atoms with E-state index in [2.05, 4.69) is 6.07 Å². The molecular weight excluding hydrogens is 255 g/mol. The van der Waals surface area contributed by atoms with E-state index in [0.717, 1.165) is 19.3 Å². The van der Waals surface area contributed by atoms with Crippen LogP contribution in [0.1, 0.15) is 37.7 Å². The lowest BCUT2D eigenvalue weighted by Gasteiger charge is -2.33. The number of hydrogen-bond donors (Lipinski definition) is 0. The Kier molecular flexibility index (Phi) is 4.39. The second-order valence-corrected chi connectivity index (χ2v) is 5.51. The number of halogens is 1. The molecule has 1 aliphatic carbocycles. The molecule has 4 heteroatoms. The van der Waals surface area contributed by atoms with E-state index < -0.39 is 5.41 Å². The summed E-state index contributed by atoms with van der Waals surface area (Å²) in [5.41, 5.74) is -0.426. The first kappa shape index (κ1) is 14.5. The van der Waals surface area contributed by atoms with Gasteiger partial charge in [-0.1, -0.05) is 37.5 Å². The van der Waals surface area contributed by atoms with Crippen LogP contribution in [0.2, 0.25) is 0 Å². The van der Waals surface area contributed by atoms with Crippen molar-refractivity contribution in [2.75, 3.05) is 7.05 Å². The van der Waals surface area contributed by atoms with Gasteiger partial charge in [-0.25, -0.2) is 4.39 Å². The molecule has 0 bridgehead atoms. The molecule has 0 atom stereocenters. The van der Waals surface area contributed by atoms with Crippen LogP contribution in [0.3, 0.4) is 0 Å². The molecule has 1 aliphatic rings. The maximum Gasteiger partial charge on any atom is 0.243 e. The van der Waals surface area contributed by atoms with Gasteiger partial charge in [0.1, 0.15) is 11.2 Å². The highest BCUT2D eigenvalue weighted by molar-refractivity contribution is 5.85. The van der Waals surface area contributed by atoms with Crippen molar-refractivity contribution in [1.29, 1.82) is 5.26 Å². The molecule has 106 valence electrons. The van der Waals surface area contributed by atoms with E-state index in [1.54, 1.807) is 25.2 Å². The SMILES string of the molecule is CN(Cc1ccccc1F)C(=O)C1(C#N)CCCCC1. The number of nitriles is 1. The molecule has 0 saturated heterocycles. The highest BCUT2D eigenvalue weighted by atomic mass is 19.1. The summed E-state index contributed by atoms with van der Waals surface area (Å²) in [4.78, 5) is 14.0. The minimum Gasteiger partial charge on any atom is -0.340 e. The molecule has 20 heavy (non-hydrogen) atoms. The Morgan fingerprint density at radius 2 is 2.00 bits per heavy atom. The van der Waals surface area contributed by atoms with E-state index in [1.165, 1.54) is 11.0 Å². The number of carbonyl (C=O) groups excluding carboxylic acids is 1. The van der Waals surface area contributed by atoms with Crippen LogP contribution in [0.4, 0.5) is 4.39 Å². The molecule has 0 unspecified atom stereocenters. The van der Waals surface area contributed by atoms with E-state index >= 15 is 0 Å². The summed E-state index contributed by atoms with van der Waals surface area (Å²) in [5, 5.41) is 9.41. The van der Waals surface area contributed by atoms with E-state index in [1.807, 2.05) is 0 Å².